The van der Waals surface area contributed by atoms with Crippen molar-refractivity contribution in [2.45, 2.75) is 25.3 Å². The molecule has 1 aromatic heterocycles. The van der Waals surface area contributed by atoms with Crippen molar-refractivity contribution >= 4 is 28.1 Å². The highest BCUT2D eigenvalue weighted by molar-refractivity contribution is 5.97. The number of rotatable bonds is 3. The van der Waals surface area contributed by atoms with Crippen LogP contribution in [-0.4, -0.2) is 56.3 Å². The molecule has 1 saturated carbocycles. The second-order valence-corrected chi connectivity index (χ2v) is 9.01. The smallest absolute Gasteiger partial charge is 0.177 e. The van der Waals surface area contributed by atoms with Crippen molar-refractivity contribution in [3.8, 4) is 23.3 Å². The Hall–Kier alpha value is -3.37. The van der Waals surface area contributed by atoms with E-state index in [1.54, 1.807) is 7.11 Å². The number of likely N-dealkylation sites (N-methyl/N-ethyl adjacent to an activating group) is 1. The van der Waals surface area contributed by atoms with E-state index in [2.05, 4.69) is 38.9 Å². The molecule has 3 heterocycles. The minimum absolute atomic E-state index is 0.439. The lowest BCUT2D eigenvalue weighted by Crippen LogP contribution is -2.44. The summed E-state index contributed by atoms with van der Waals surface area (Å²) < 4.78 is 12.3. The molecular weight excluding hydrogens is 402 g/mol. The Morgan fingerprint density at radius 1 is 1.09 bits per heavy atom. The SMILES string of the molecule is COc1cc2c(cc1N1CCN(C)CC1)N(C1CCC1)c1[nH]c3cc(C#N)ccc3c1O2. The Balaban J connectivity index is 1.49. The molecule has 32 heavy (non-hydrogen) atoms. The molecule has 2 aromatic carbocycles. The van der Waals surface area contributed by atoms with Gasteiger partial charge in [-0.25, -0.2) is 0 Å². The van der Waals surface area contributed by atoms with Gasteiger partial charge in [0.15, 0.2) is 17.3 Å². The Labute approximate surface area is 187 Å². The largest absolute Gasteiger partial charge is 0.494 e. The van der Waals surface area contributed by atoms with Crippen molar-refractivity contribution < 1.29 is 9.47 Å². The van der Waals surface area contributed by atoms with Crippen molar-refractivity contribution in [2.75, 3.05) is 50.1 Å². The molecule has 1 saturated heterocycles. The van der Waals surface area contributed by atoms with Crippen LogP contribution in [0.5, 0.6) is 17.2 Å². The summed E-state index contributed by atoms with van der Waals surface area (Å²) in [5.74, 6) is 3.49. The second-order valence-electron chi connectivity index (χ2n) is 9.01. The van der Waals surface area contributed by atoms with Gasteiger partial charge in [0.1, 0.15) is 5.75 Å². The molecule has 164 valence electrons. The van der Waals surface area contributed by atoms with Crippen LogP contribution in [0.25, 0.3) is 10.9 Å². The Kier molecular flexibility index (Phi) is 4.44. The maximum Gasteiger partial charge on any atom is 0.177 e. The number of anilines is 3. The molecule has 0 atom stereocenters. The normalized spacial score (nSPS) is 18.5. The first-order valence-electron chi connectivity index (χ1n) is 11.3. The maximum absolute atomic E-state index is 9.33. The average molecular weight is 430 g/mol. The minimum atomic E-state index is 0.439. The summed E-state index contributed by atoms with van der Waals surface area (Å²) in [6, 6.07) is 12.7. The van der Waals surface area contributed by atoms with Crippen LogP contribution in [0.3, 0.4) is 0 Å². The highest BCUT2D eigenvalue weighted by Crippen LogP contribution is 2.55. The summed E-state index contributed by atoms with van der Waals surface area (Å²) in [7, 11) is 3.90. The molecule has 1 N–H and O–H groups in total. The Bertz CT molecular complexity index is 1230. The predicted octanol–water partition coefficient (Wildman–Crippen LogP) is 4.60. The number of piperazine rings is 1. The maximum atomic E-state index is 9.33. The molecule has 6 rings (SSSR count). The summed E-state index contributed by atoms with van der Waals surface area (Å²) in [5, 5.41) is 10.3. The van der Waals surface area contributed by atoms with Gasteiger partial charge in [-0.1, -0.05) is 0 Å². The molecular formula is C25H27N5O2. The molecule has 2 aliphatic heterocycles. The number of aromatic amines is 1. The third-order valence-electron chi connectivity index (χ3n) is 7.12. The van der Waals surface area contributed by atoms with Crippen LogP contribution >= 0.6 is 0 Å². The van der Waals surface area contributed by atoms with Crippen molar-refractivity contribution in [1.29, 1.82) is 5.26 Å². The van der Waals surface area contributed by atoms with E-state index in [-0.39, 0.29) is 0 Å². The van der Waals surface area contributed by atoms with E-state index in [0.29, 0.717) is 11.6 Å². The van der Waals surface area contributed by atoms with Gasteiger partial charge in [0, 0.05) is 43.7 Å². The number of methoxy groups -OCH3 is 1. The number of fused-ring (bicyclic) bond motifs is 4. The van der Waals surface area contributed by atoms with Crippen molar-refractivity contribution in [3.05, 3.63) is 35.9 Å². The van der Waals surface area contributed by atoms with Crippen LogP contribution in [0.1, 0.15) is 24.8 Å². The molecule has 0 bridgehead atoms. The lowest BCUT2D eigenvalue weighted by Gasteiger charge is -2.42. The molecule has 0 radical (unpaired) electrons. The van der Waals surface area contributed by atoms with Gasteiger partial charge >= 0.3 is 0 Å². The number of benzene rings is 2. The van der Waals surface area contributed by atoms with Crippen LogP contribution in [0.2, 0.25) is 0 Å². The van der Waals surface area contributed by atoms with Crippen LogP contribution in [-0.2, 0) is 0 Å². The zero-order chi connectivity index (χ0) is 21.8. The van der Waals surface area contributed by atoms with Crippen LogP contribution < -0.4 is 19.3 Å². The molecule has 3 aromatic rings. The molecule has 0 spiro atoms. The number of nitrogens with zero attached hydrogens (tertiary/aromatic N) is 4. The average Bonchev–Trinajstić information content (AvgIpc) is 3.14. The van der Waals surface area contributed by atoms with Crippen LogP contribution in [0.15, 0.2) is 30.3 Å². The summed E-state index contributed by atoms with van der Waals surface area (Å²) in [4.78, 5) is 10.8. The van der Waals surface area contributed by atoms with Gasteiger partial charge in [0.25, 0.3) is 0 Å². The number of nitrogens with one attached hydrogen (secondary N) is 1. The lowest BCUT2D eigenvalue weighted by atomic mass is 9.90. The fourth-order valence-corrected chi connectivity index (χ4v) is 5.02. The highest BCUT2D eigenvalue weighted by atomic mass is 16.5. The molecule has 0 unspecified atom stereocenters. The van der Waals surface area contributed by atoms with E-state index >= 15 is 0 Å². The van der Waals surface area contributed by atoms with E-state index in [4.69, 9.17) is 9.47 Å². The first-order chi connectivity index (χ1) is 15.7. The molecule has 0 amide bonds. The van der Waals surface area contributed by atoms with E-state index in [1.807, 2.05) is 24.3 Å². The van der Waals surface area contributed by atoms with E-state index in [9.17, 15) is 5.26 Å². The van der Waals surface area contributed by atoms with Crippen LogP contribution in [0.4, 0.5) is 17.2 Å². The lowest BCUT2D eigenvalue weighted by molar-refractivity contribution is 0.311. The number of H-pyrrole nitrogens is 1. The number of aromatic nitrogens is 1. The summed E-state index contributed by atoms with van der Waals surface area (Å²) >= 11 is 0. The van der Waals surface area contributed by atoms with Gasteiger partial charge in [0.05, 0.1) is 35.6 Å². The molecule has 3 aliphatic rings. The Morgan fingerprint density at radius 2 is 1.91 bits per heavy atom. The fraction of sp³-hybridized carbons (Fsp3) is 0.400. The quantitative estimate of drug-likeness (QED) is 0.657. The van der Waals surface area contributed by atoms with Crippen LogP contribution in [0, 0.1) is 11.3 Å². The van der Waals surface area contributed by atoms with Gasteiger partial charge in [-0.15, -0.1) is 0 Å². The minimum Gasteiger partial charge on any atom is -0.494 e. The predicted molar refractivity (Wildman–Crippen MR) is 126 cm³/mol. The molecule has 7 heteroatoms. The number of ether oxygens (including phenoxy) is 2. The van der Waals surface area contributed by atoms with E-state index < -0.39 is 0 Å². The molecule has 1 aliphatic carbocycles. The van der Waals surface area contributed by atoms with Crippen molar-refractivity contribution in [2.24, 2.45) is 0 Å². The van der Waals surface area contributed by atoms with Gasteiger partial charge in [-0.05, 0) is 50.6 Å². The van der Waals surface area contributed by atoms with Crippen molar-refractivity contribution in [3.63, 3.8) is 0 Å². The van der Waals surface area contributed by atoms with Gasteiger partial charge in [-0.2, -0.15) is 5.26 Å². The van der Waals surface area contributed by atoms with Gasteiger partial charge < -0.3 is 29.2 Å². The second kappa shape index (κ2) is 7.35. The number of hydrogen-bond donors (Lipinski definition) is 1. The zero-order valence-electron chi connectivity index (χ0n) is 18.5. The van der Waals surface area contributed by atoms with E-state index in [0.717, 1.165) is 84.4 Å². The number of nitriles is 1. The molecule has 2 fully saturated rings. The first-order valence-corrected chi connectivity index (χ1v) is 11.3. The van der Waals surface area contributed by atoms with Gasteiger partial charge in [-0.3, -0.25) is 0 Å². The molecule has 7 nitrogen and oxygen atoms in total. The standard InChI is InChI=1S/C25H27N5O2/c1-28-8-10-29(11-9-28)20-13-21-23(14-22(20)31-2)32-24-18-7-6-16(15-26)12-19(18)27-25(24)30(21)17-4-3-5-17/h6-7,12-14,17,27H,3-5,8-11H2,1-2H3. The first kappa shape index (κ1) is 19.3. The third kappa shape index (κ3) is 2.90. The zero-order valence-corrected chi connectivity index (χ0v) is 18.5. The van der Waals surface area contributed by atoms with Crippen molar-refractivity contribution in [1.82, 2.24) is 9.88 Å². The number of hydrogen-bond acceptors (Lipinski definition) is 6. The summed E-state index contributed by atoms with van der Waals surface area (Å²) in [6.45, 7) is 4.03. The van der Waals surface area contributed by atoms with E-state index in [1.165, 1.54) is 6.42 Å². The third-order valence-corrected chi connectivity index (χ3v) is 7.12. The summed E-state index contributed by atoms with van der Waals surface area (Å²) in [6.07, 6.45) is 3.56. The highest BCUT2D eigenvalue weighted by Gasteiger charge is 2.37. The summed E-state index contributed by atoms with van der Waals surface area (Å²) in [5.41, 5.74) is 3.78. The topological polar surface area (TPSA) is 67.8 Å². The monoisotopic (exact) mass is 429 g/mol. The van der Waals surface area contributed by atoms with Gasteiger partial charge in [0.2, 0.25) is 0 Å². The fourth-order valence-electron chi connectivity index (χ4n) is 5.02. The Morgan fingerprint density at radius 3 is 2.59 bits per heavy atom.